The van der Waals surface area contributed by atoms with Crippen molar-refractivity contribution in [2.45, 2.75) is 24.7 Å². The third kappa shape index (κ3) is 5.72. The lowest BCUT2D eigenvalue weighted by molar-refractivity contribution is 0.0451. The van der Waals surface area contributed by atoms with E-state index in [1.807, 2.05) is 19.1 Å². The van der Waals surface area contributed by atoms with Gasteiger partial charge in [0.05, 0.1) is 22.8 Å². The van der Waals surface area contributed by atoms with E-state index < -0.39 is 16.0 Å². The Morgan fingerprint density at radius 1 is 0.969 bits per heavy atom. The SMILES string of the molecule is CCOc1ccc(OCCOC(=O)c2cc(S(=O)(=O)N(C)C)ccc2N2CCCC2)cc1. The fourth-order valence-corrected chi connectivity index (χ4v) is 4.38. The molecule has 0 amide bonds. The monoisotopic (exact) mass is 462 g/mol. The second-order valence-electron chi connectivity index (χ2n) is 7.55. The number of sulfonamides is 1. The van der Waals surface area contributed by atoms with Crippen molar-refractivity contribution in [3.63, 3.8) is 0 Å². The van der Waals surface area contributed by atoms with Crippen LogP contribution in [0.5, 0.6) is 11.5 Å². The highest BCUT2D eigenvalue weighted by Crippen LogP contribution is 2.28. The molecule has 2 aromatic rings. The Kier molecular flexibility index (Phi) is 7.98. The van der Waals surface area contributed by atoms with E-state index in [0.717, 1.165) is 36.0 Å². The molecule has 2 aromatic carbocycles. The molecule has 0 aromatic heterocycles. The molecule has 0 atom stereocenters. The van der Waals surface area contributed by atoms with E-state index in [1.165, 1.54) is 26.2 Å². The Morgan fingerprint density at radius 3 is 2.19 bits per heavy atom. The van der Waals surface area contributed by atoms with Crippen LogP contribution in [0.25, 0.3) is 0 Å². The molecule has 9 heteroatoms. The lowest BCUT2D eigenvalue weighted by Gasteiger charge is -2.22. The predicted molar refractivity (Wildman–Crippen MR) is 122 cm³/mol. The third-order valence-electron chi connectivity index (χ3n) is 5.13. The molecule has 3 rings (SSSR count). The van der Waals surface area contributed by atoms with E-state index in [-0.39, 0.29) is 23.7 Å². The molecule has 0 unspecified atom stereocenters. The topological polar surface area (TPSA) is 85.4 Å². The lowest BCUT2D eigenvalue weighted by atomic mass is 10.1. The van der Waals surface area contributed by atoms with E-state index >= 15 is 0 Å². The summed E-state index contributed by atoms with van der Waals surface area (Å²) < 4.78 is 42.7. The highest BCUT2D eigenvalue weighted by atomic mass is 32.2. The van der Waals surface area contributed by atoms with Crippen molar-refractivity contribution < 1.29 is 27.4 Å². The van der Waals surface area contributed by atoms with Gasteiger partial charge in [-0.3, -0.25) is 0 Å². The van der Waals surface area contributed by atoms with Crippen molar-refractivity contribution in [2.75, 3.05) is 51.9 Å². The van der Waals surface area contributed by atoms with Crippen molar-refractivity contribution in [3.05, 3.63) is 48.0 Å². The van der Waals surface area contributed by atoms with Gasteiger partial charge in [-0.05, 0) is 62.2 Å². The first-order valence-electron chi connectivity index (χ1n) is 10.7. The van der Waals surface area contributed by atoms with Crippen LogP contribution in [0.2, 0.25) is 0 Å². The number of carbonyl (C=O) groups excluding carboxylic acids is 1. The number of esters is 1. The van der Waals surface area contributed by atoms with Gasteiger partial charge >= 0.3 is 5.97 Å². The standard InChI is InChI=1S/C23H30N2O6S/c1-4-29-18-7-9-19(10-8-18)30-15-16-31-23(26)21-17-20(32(27,28)24(2)3)11-12-22(21)25-13-5-6-14-25/h7-12,17H,4-6,13-16H2,1-3H3. The van der Waals surface area contributed by atoms with Crippen LogP contribution in [-0.2, 0) is 14.8 Å². The maximum Gasteiger partial charge on any atom is 0.340 e. The first-order valence-corrected chi connectivity index (χ1v) is 12.1. The molecule has 8 nitrogen and oxygen atoms in total. The van der Waals surface area contributed by atoms with Crippen LogP contribution < -0.4 is 14.4 Å². The average molecular weight is 463 g/mol. The summed E-state index contributed by atoms with van der Waals surface area (Å²) in [5, 5.41) is 0. The Balaban J connectivity index is 1.68. The summed E-state index contributed by atoms with van der Waals surface area (Å²) in [4.78, 5) is 15.0. The molecule has 0 spiro atoms. The summed E-state index contributed by atoms with van der Waals surface area (Å²) in [7, 11) is -0.753. The number of ether oxygens (including phenoxy) is 3. The normalized spacial score (nSPS) is 13.9. The van der Waals surface area contributed by atoms with Crippen molar-refractivity contribution in [3.8, 4) is 11.5 Å². The molecule has 174 valence electrons. The second kappa shape index (κ2) is 10.7. The average Bonchev–Trinajstić information content (AvgIpc) is 3.32. The minimum absolute atomic E-state index is 0.0378. The Hall–Kier alpha value is -2.78. The van der Waals surface area contributed by atoms with Gasteiger partial charge in [-0.25, -0.2) is 17.5 Å². The minimum Gasteiger partial charge on any atom is -0.494 e. The van der Waals surface area contributed by atoms with Crippen molar-refractivity contribution >= 4 is 21.7 Å². The number of rotatable bonds is 10. The molecular formula is C23H30N2O6S. The fraction of sp³-hybridized carbons (Fsp3) is 0.435. The predicted octanol–water partition coefficient (Wildman–Crippen LogP) is 3.17. The molecule has 0 saturated carbocycles. The van der Waals surface area contributed by atoms with E-state index in [1.54, 1.807) is 18.2 Å². The van der Waals surface area contributed by atoms with Crippen LogP contribution in [0, 0.1) is 0 Å². The van der Waals surface area contributed by atoms with Gasteiger partial charge in [0, 0.05) is 27.2 Å². The zero-order valence-corrected chi connectivity index (χ0v) is 19.6. The minimum atomic E-state index is -3.67. The van der Waals surface area contributed by atoms with E-state index in [2.05, 4.69) is 4.90 Å². The molecule has 1 aliphatic rings. The van der Waals surface area contributed by atoms with Gasteiger partial charge in [0.25, 0.3) is 0 Å². The summed E-state index contributed by atoms with van der Waals surface area (Å²) in [6.45, 7) is 4.36. The highest BCUT2D eigenvalue weighted by Gasteiger charge is 2.25. The lowest BCUT2D eigenvalue weighted by Crippen LogP contribution is -2.25. The van der Waals surface area contributed by atoms with Crippen molar-refractivity contribution in [2.24, 2.45) is 0 Å². The smallest absolute Gasteiger partial charge is 0.340 e. The van der Waals surface area contributed by atoms with Crippen LogP contribution in [0.15, 0.2) is 47.4 Å². The molecular weight excluding hydrogens is 432 g/mol. The summed E-state index contributed by atoms with van der Waals surface area (Å²) in [5.74, 6) is 0.826. The highest BCUT2D eigenvalue weighted by molar-refractivity contribution is 7.89. The first-order chi connectivity index (χ1) is 15.3. The van der Waals surface area contributed by atoms with Gasteiger partial charge in [-0.2, -0.15) is 0 Å². The zero-order chi connectivity index (χ0) is 23.1. The van der Waals surface area contributed by atoms with E-state index in [4.69, 9.17) is 14.2 Å². The van der Waals surface area contributed by atoms with Gasteiger partial charge in [0.15, 0.2) is 0 Å². The number of benzene rings is 2. The zero-order valence-electron chi connectivity index (χ0n) is 18.7. The molecule has 1 fully saturated rings. The van der Waals surface area contributed by atoms with Gasteiger partial charge in [0.1, 0.15) is 24.7 Å². The molecule has 0 N–H and O–H groups in total. The summed E-state index contributed by atoms with van der Waals surface area (Å²) in [5.41, 5.74) is 0.938. The largest absolute Gasteiger partial charge is 0.494 e. The molecule has 1 aliphatic heterocycles. The maximum atomic E-state index is 12.9. The van der Waals surface area contributed by atoms with Gasteiger partial charge < -0.3 is 19.1 Å². The number of anilines is 1. The maximum absolute atomic E-state index is 12.9. The molecule has 0 radical (unpaired) electrons. The van der Waals surface area contributed by atoms with Crippen LogP contribution in [0.4, 0.5) is 5.69 Å². The Labute approximate surface area is 189 Å². The van der Waals surface area contributed by atoms with Crippen molar-refractivity contribution in [1.82, 2.24) is 4.31 Å². The number of hydrogen-bond donors (Lipinski definition) is 0. The molecule has 1 heterocycles. The molecule has 1 saturated heterocycles. The van der Waals surface area contributed by atoms with Gasteiger partial charge in [-0.1, -0.05) is 0 Å². The van der Waals surface area contributed by atoms with Crippen LogP contribution in [0.3, 0.4) is 0 Å². The Bertz CT molecular complexity index is 1020. The molecule has 0 aliphatic carbocycles. The summed E-state index contributed by atoms with van der Waals surface area (Å²) in [6.07, 6.45) is 2.06. The molecule has 32 heavy (non-hydrogen) atoms. The van der Waals surface area contributed by atoms with Crippen LogP contribution in [0.1, 0.15) is 30.1 Å². The first kappa shape index (κ1) is 23.9. The number of hydrogen-bond acceptors (Lipinski definition) is 7. The molecule has 0 bridgehead atoms. The number of carbonyl (C=O) groups is 1. The van der Waals surface area contributed by atoms with Gasteiger partial charge in [-0.15, -0.1) is 0 Å². The van der Waals surface area contributed by atoms with E-state index in [9.17, 15) is 13.2 Å². The van der Waals surface area contributed by atoms with Crippen LogP contribution >= 0.6 is 0 Å². The second-order valence-corrected chi connectivity index (χ2v) is 9.70. The Morgan fingerprint density at radius 2 is 1.59 bits per heavy atom. The number of nitrogens with zero attached hydrogens (tertiary/aromatic N) is 2. The quantitative estimate of drug-likeness (QED) is 0.396. The third-order valence-corrected chi connectivity index (χ3v) is 6.94. The van der Waals surface area contributed by atoms with Crippen LogP contribution in [-0.4, -0.2) is 65.7 Å². The van der Waals surface area contributed by atoms with E-state index in [0.29, 0.717) is 18.0 Å². The fourth-order valence-electron chi connectivity index (χ4n) is 3.45. The van der Waals surface area contributed by atoms with Gasteiger partial charge in [0.2, 0.25) is 10.0 Å². The summed E-state index contributed by atoms with van der Waals surface area (Å²) >= 11 is 0. The summed E-state index contributed by atoms with van der Waals surface area (Å²) in [6, 6.07) is 11.8. The van der Waals surface area contributed by atoms with Crippen molar-refractivity contribution in [1.29, 1.82) is 0 Å².